The highest BCUT2D eigenvalue weighted by molar-refractivity contribution is 7.55. The largest absolute Gasteiger partial charge is 0.382 e. The summed E-state index contributed by atoms with van der Waals surface area (Å²) in [5, 5.41) is 7.56. The van der Waals surface area contributed by atoms with Crippen LogP contribution in [0.2, 0.25) is 0 Å². The molecule has 0 saturated carbocycles. The number of nitrogens with two attached hydrogens (primary N) is 1. The molecule has 0 radical (unpaired) electrons. The van der Waals surface area contributed by atoms with Gasteiger partial charge in [-0.15, -0.1) is 0 Å². The van der Waals surface area contributed by atoms with Gasteiger partial charge in [-0.1, -0.05) is 117 Å². The van der Waals surface area contributed by atoms with Gasteiger partial charge in [0.15, 0.2) is 11.6 Å². The molecule has 8 heteroatoms. The molecule has 0 aliphatic heterocycles. The summed E-state index contributed by atoms with van der Waals surface area (Å²) in [6, 6.07) is 0. The van der Waals surface area contributed by atoms with Crippen molar-refractivity contribution < 1.29 is 29.0 Å². The smallest absolute Gasteiger partial charge is 0.356 e. The molecule has 0 spiro atoms. The van der Waals surface area contributed by atoms with Gasteiger partial charge in [-0.3, -0.25) is 14.2 Å². The Kier molecular flexibility index (Phi) is 19.2. The summed E-state index contributed by atoms with van der Waals surface area (Å²) < 4.78 is 12.1. The average molecular weight is 506 g/mol. The lowest BCUT2D eigenvalue weighted by Gasteiger charge is -2.32. The zero-order chi connectivity index (χ0) is 25.9. The molecule has 202 valence electrons. The fourth-order valence-corrected chi connectivity index (χ4v) is 5.16. The van der Waals surface area contributed by atoms with Crippen molar-refractivity contribution in [3.05, 3.63) is 0 Å². The Morgan fingerprint density at radius 2 is 1.00 bits per heavy atom. The van der Waals surface area contributed by atoms with Crippen LogP contribution in [-0.4, -0.2) is 37.8 Å². The topological polar surface area (TPSA) is 138 Å². The molecule has 0 heterocycles. The Labute approximate surface area is 207 Å². The zero-order valence-corrected chi connectivity index (χ0v) is 22.7. The standard InChI is InChI=1S/C26H52NO6P/c1-3-5-7-9-11-13-15-17-19-21-23(28)25(30)26(27,34(31,32)33)24(29)22-20-18-16-14-12-10-8-6-4-2/h25,30H,3-22,27H2,1-2H3,(H2,31,32,33). The molecular formula is C26H52NO6P. The summed E-state index contributed by atoms with van der Waals surface area (Å²) in [7, 11) is -5.24. The number of aliphatic hydroxyl groups excluding tert-OH is 1. The first-order chi connectivity index (χ1) is 16.1. The van der Waals surface area contributed by atoms with Crippen LogP contribution in [-0.2, 0) is 14.2 Å². The van der Waals surface area contributed by atoms with E-state index in [1.807, 2.05) is 0 Å². The monoisotopic (exact) mass is 505 g/mol. The van der Waals surface area contributed by atoms with Gasteiger partial charge in [0, 0.05) is 12.8 Å². The van der Waals surface area contributed by atoms with Crippen LogP contribution in [0.15, 0.2) is 0 Å². The molecule has 2 atom stereocenters. The molecule has 0 bridgehead atoms. The third-order valence-electron chi connectivity index (χ3n) is 6.68. The van der Waals surface area contributed by atoms with E-state index in [1.165, 1.54) is 51.4 Å². The van der Waals surface area contributed by atoms with Crippen molar-refractivity contribution in [3.8, 4) is 0 Å². The van der Waals surface area contributed by atoms with Crippen LogP contribution >= 0.6 is 7.60 Å². The Bertz CT molecular complexity index is 594. The van der Waals surface area contributed by atoms with Gasteiger partial charge in [0.1, 0.15) is 6.10 Å². The van der Waals surface area contributed by atoms with Crippen LogP contribution in [0.25, 0.3) is 0 Å². The van der Waals surface area contributed by atoms with Crippen molar-refractivity contribution in [2.75, 3.05) is 0 Å². The highest BCUT2D eigenvalue weighted by Crippen LogP contribution is 2.50. The summed E-state index contributed by atoms with van der Waals surface area (Å²) in [6.45, 7) is 4.35. The van der Waals surface area contributed by atoms with Gasteiger partial charge in [-0.25, -0.2) is 0 Å². The number of carbonyl (C=O) groups excluding carboxylic acids is 2. The molecule has 0 fully saturated rings. The molecular weight excluding hydrogens is 453 g/mol. The van der Waals surface area contributed by atoms with Crippen LogP contribution in [0.1, 0.15) is 142 Å². The van der Waals surface area contributed by atoms with Crippen molar-refractivity contribution in [1.82, 2.24) is 0 Å². The molecule has 0 amide bonds. The number of hydrogen-bond acceptors (Lipinski definition) is 5. The fraction of sp³-hybridized carbons (Fsp3) is 0.923. The quantitative estimate of drug-likeness (QED) is 0.0910. The number of aliphatic hydroxyl groups is 1. The number of ketones is 2. The summed E-state index contributed by atoms with van der Waals surface area (Å²) in [5.74, 6) is -1.70. The first-order valence-corrected chi connectivity index (χ1v) is 15.3. The number of Topliss-reactive ketones (excluding diaryl/α,β-unsaturated/α-hetero) is 2. The van der Waals surface area contributed by atoms with Crippen molar-refractivity contribution in [3.63, 3.8) is 0 Å². The predicted molar refractivity (Wildman–Crippen MR) is 139 cm³/mol. The minimum Gasteiger partial charge on any atom is -0.382 e. The molecule has 0 aromatic rings. The normalized spacial score (nSPS) is 14.6. The summed E-state index contributed by atoms with van der Waals surface area (Å²) >= 11 is 0. The molecule has 34 heavy (non-hydrogen) atoms. The summed E-state index contributed by atoms with van der Waals surface area (Å²) in [4.78, 5) is 44.6. The lowest BCUT2D eigenvalue weighted by molar-refractivity contribution is -0.136. The van der Waals surface area contributed by atoms with Crippen LogP contribution in [0.3, 0.4) is 0 Å². The highest BCUT2D eigenvalue weighted by Gasteiger charge is 2.57. The Balaban J connectivity index is 4.42. The van der Waals surface area contributed by atoms with Crippen molar-refractivity contribution in [1.29, 1.82) is 0 Å². The number of rotatable bonds is 24. The highest BCUT2D eigenvalue weighted by atomic mass is 31.2. The molecule has 0 saturated heterocycles. The maximum atomic E-state index is 12.7. The predicted octanol–water partition coefficient (Wildman–Crippen LogP) is 6.16. The van der Waals surface area contributed by atoms with Gasteiger partial charge in [0.2, 0.25) is 5.28 Å². The fourth-order valence-electron chi connectivity index (χ4n) is 4.26. The second-order valence-corrected chi connectivity index (χ2v) is 11.6. The molecule has 0 aliphatic rings. The van der Waals surface area contributed by atoms with Crippen molar-refractivity contribution >= 4 is 19.2 Å². The van der Waals surface area contributed by atoms with Crippen molar-refractivity contribution in [2.45, 2.75) is 154 Å². The first-order valence-electron chi connectivity index (χ1n) is 13.7. The van der Waals surface area contributed by atoms with E-state index in [4.69, 9.17) is 5.73 Å². The lowest BCUT2D eigenvalue weighted by atomic mass is 9.95. The van der Waals surface area contributed by atoms with Gasteiger partial charge in [0.25, 0.3) is 0 Å². The minimum absolute atomic E-state index is 0.0404. The summed E-state index contributed by atoms with van der Waals surface area (Å²) in [6.07, 6.45) is 16.3. The molecule has 0 aromatic carbocycles. The van der Waals surface area contributed by atoms with E-state index in [0.29, 0.717) is 12.8 Å². The van der Waals surface area contributed by atoms with Crippen LogP contribution in [0.4, 0.5) is 0 Å². The molecule has 0 aromatic heterocycles. The Hall–Kier alpha value is -0.590. The van der Waals surface area contributed by atoms with Gasteiger partial charge < -0.3 is 20.6 Å². The molecule has 7 nitrogen and oxygen atoms in total. The molecule has 5 N–H and O–H groups in total. The number of carbonyl (C=O) groups is 2. The third-order valence-corrected chi connectivity index (χ3v) is 8.14. The van der Waals surface area contributed by atoms with E-state index in [-0.39, 0.29) is 12.8 Å². The van der Waals surface area contributed by atoms with E-state index in [2.05, 4.69) is 13.8 Å². The van der Waals surface area contributed by atoms with Crippen LogP contribution in [0, 0.1) is 0 Å². The van der Waals surface area contributed by atoms with E-state index in [0.717, 1.165) is 51.4 Å². The molecule has 0 rings (SSSR count). The van der Waals surface area contributed by atoms with Crippen LogP contribution < -0.4 is 5.73 Å². The van der Waals surface area contributed by atoms with Gasteiger partial charge in [0.05, 0.1) is 0 Å². The Morgan fingerprint density at radius 3 is 1.35 bits per heavy atom. The zero-order valence-electron chi connectivity index (χ0n) is 21.8. The number of unbranched alkanes of at least 4 members (excludes halogenated alkanes) is 16. The third kappa shape index (κ3) is 13.5. The van der Waals surface area contributed by atoms with E-state index >= 15 is 0 Å². The minimum atomic E-state index is -5.24. The van der Waals surface area contributed by atoms with Crippen LogP contribution in [0.5, 0.6) is 0 Å². The maximum Gasteiger partial charge on any atom is 0.356 e. The molecule has 0 aliphatic carbocycles. The van der Waals surface area contributed by atoms with Gasteiger partial charge in [-0.05, 0) is 12.8 Å². The van der Waals surface area contributed by atoms with E-state index < -0.39 is 30.5 Å². The lowest BCUT2D eigenvalue weighted by Crippen LogP contribution is -2.59. The first kappa shape index (κ1) is 33.4. The van der Waals surface area contributed by atoms with E-state index in [9.17, 15) is 29.0 Å². The van der Waals surface area contributed by atoms with Crippen molar-refractivity contribution in [2.24, 2.45) is 5.73 Å². The van der Waals surface area contributed by atoms with Gasteiger partial charge >= 0.3 is 7.60 Å². The Morgan fingerprint density at radius 1 is 0.676 bits per heavy atom. The second-order valence-electron chi connectivity index (χ2n) is 9.82. The molecule has 2 unspecified atom stereocenters. The summed E-state index contributed by atoms with van der Waals surface area (Å²) in [5.41, 5.74) is 5.80. The second kappa shape index (κ2) is 19.6. The SMILES string of the molecule is CCCCCCCCCCCC(=O)C(O)C(N)(C(=O)CCCCCCCCCCC)P(=O)(O)O. The van der Waals surface area contributed by atoms with Gasteiger partial charge in [-0.2, -0.15) is 0 Å². The van der Waals surface area contributed by atoms with E-state index in [1.54, 1.807) is 0 Å². The number of hydrogen-bond donors (Lipinski definition) is 4. The average Bonchev–Trinajstić information content (AvgIpc) is 2.79. The maximum absolute atomic E-state index is 12.7.